The fraction of sp³-hybridized carbons (Fsp3) is 0.167. The van der Waals surface area contributed by atoms with E-state index in [2.05, 4.69) is 9.97 Å². The number of aromatic nitrogens is 2. The first-order valence-corrected chi connectivity index (χ1v) is 5.81. The van der Waals surface area contributed by atoms with Crippen LogP contribution >= 0.6 is 11.8 Å². The minimum atomic E-state index is -0.514. The van der Waals surface area contributed by atoms with Crippen LogP contribution in [0.15, 0.2) is 52.8 Å². The highest BCUT2D eigenvalue weighted by molar-refractivity contribution is 7.99. The molecule has 2 aromatic rings. The van der Waals surface area contributed by atoms with Gasteiger partial charge in [0, 0.05) is 18.0 Å². The largest absolute Gasteiger partial charge is 0.389 e. The number of hydrogen-bond donors (Lipinski definition) is 1. The maximum absolute atomic E-state index is 9.61. The molecular weight excluding hydrogens is 220 g/mol. The second-order valence-corrected chi connectivity index (χ2v) is 4.35. The number of hydrogen-bond acceptors (Lipinski definition) is 4. The molecule has 0 aromatic carbocycles. The van der Waals surface area contributed by atoms with Gasteiger partial charge in [-0.3, -0.25) is 0 Å². The molecule has 0 aliphatic carbocycles. The summed E-state index contributed by atoms with van der Waals surface area (Å²) >= 11 is 1.46. The van der Waals surface area contributed by atoms with Crippen molar-refractivity contribution >= 4 is 11.8 Å². The molecule has 4 heteroatoms. The Morgan fingerprint density at radius 2 is 1.94 bits per heavy atom. The third kappa shape index (κ3) is 2.59. The highest BCUT2D eigenvalue weighted by Crippen LogP contribution is 2.29. The fourth-order valence-corrected chi connectivity index (χ4v) is 2.24. The minimum absolute atomic E-state index is 0.514. The molecule has 2 heterocycles. The second-order valence-electron chi connectivity index (χ2n) is 3.34. The normalized spacial score (nSPS) is 12.4. The predicted octanol–water partition coefficient (Wildman–Crippen LogP) is 2.68. The average Bonchev–Trinajstić information content (AvgIpc) is 2.31. The fourth-order valence-electron chi connectivity index (χ4n) is 1.31. The van der Waals surface area contributed by atoms with Crippen molar-refractivity contribution in [2.45, 2.75) is 23.1 Å². The SMILES string of the molecule is C[C@H](O)c1cccnc1Sc1ccccn1. The van der Waals surface area contributed by atoms with E-state index in [1.807, 2.05) is 30.3 Å². The first-order valence-electron chi connectivity index (χ1n) is 4.99. The summed E-state index contributed by atoms with van der Waals surface area (Å²) in [7, 11) is 0. The number of rotatable bonds is 3. The van der Waals surface area contributed by atoms with Gasteiger partial charge in [0.25, 0.3) is 0 Å². The van der Waals surface area contributed by atoms with Gasteiger partial charge < -0.3 is 5.11 Å². The van der Waals surface area contributed by atoms with E-state index in [9.17, 15) is 5.11 Å². The molecule has 0 amide bonds. The lowest BCUT2D eigenvalue weighted by molar-refractivity contribution is 0.195. The van der Waals surface area contributed by atoms with Crippen molar-refractivity contribution in [2.75, 3.05) is 0 Å². The summed E-state index contributed by atoms with van der Waals surface area (Å²) in [5.41, 5.74) is 0.832. The predicted molar refractivity (Wildman–Crippen MR) is 63.2 cm³/mol. The Morgan fingerprint density at radius 1 is 1.12 bits per heavy atom. The molecule has 1 N–H and O–H groups in total. The summed E-state index contributed by atoms with van der Waals surface area (Å²) < 4.78 is 0. The first kappa shape index (κ1) is 11.1. The average molecular weight is 232 g/mol. The molecule has 0 aliphatic rings. The third-order valence-electron chi connectivity index (χ3n) is 2.09. The second kappa shape index (κ2) is 5.09. The van der Waals surface area contributed by atoms with Crippen LogP contribution in [-0.2, 0) is 0 Å². The Balaban J connectivity index is 2.28. The van der Waals surface area contributed by atoms with E-state index >= 15 is 0 Å². The van der Waals surface area contributed by atoms with Crippen LogP contribution in [0.25, 0.3) is 0 Å². The Hall–Kier alpha value is -1.39. The van der Waals surface area contributed by atoms with E-state index in [4.69, 9.17) is 0 Å². The van der Waals surface area contributed by atoms with E-state index in [0.29, 0.717) is 0 Å². The third-order valence-corrected chi connectivity index (χ3v) is 3.07. The van der Waals surface area contributed by atoms with Crippen LogP contribution in [0.1, 0.15) is 18.6 Å². The molecule has 82 valence electrons. The lowest BCUT2D eigenvalue weighted by Crippen LogP contribution is -1.96. The van der Waals surface area contributed by atoms with Crippen LogP contribution in [0, 0.1) is 0 Å². The van der Waals surface area contributed by atoms with Gasteiger partial charge in [-0.25, -0.2) is 9.97 Å². The van der Waals surface area contributed by atoms with E-state index < -0.39 is 6.10 Å². The Labute approximate surface area is 98.6 Å². The smallest absolute Gasteiger partial charge is 0.108 e. The van der Waals surface area contributed by atoms with Gasteiger partial charge in [-0.15, -0.1) is 0 Å². The Bertz CT molecular complexity index is 460. The first-order chi connectivity index (χ1) is 7.77. The van der Waals surface area contributed by atoms with Crippen LogP contribution in [0.2, 0.25) is 0 Å². The summed E-state index contributed by atoms with van der Waals surface area (Å²) in [4.78, 5) is 8.47. The van der Waals surface area contributed by atoms with Crippen molar-refractivity contribution in [3.63, 3.8) is 0 Å². The van der Waals surface area contributed by atoms with Crippen LogP contribution in [-0.4, -0.2) is 15.1 Å². The standard InChI is InChI=1S/C12H12N2OS/c1-9(15)10-5-4-8-14-12(10)16-11-6-2-3-7-13-11/h2-9,15H,1H3/t9-/m0/s1. The van der Waals surface area contributed by atoms with Crippen molar-refractivity contribution in [1.29, 1.82) is 0 Å². The lowest BCUT2D eigenvalue weighted by atomic mass is 10.2. The van der Waals surface area contributed by atoms with Gasteiger partial charge in [0.05, 0.1) is 6.10 Å². The zero-order chi connectivity index (χ0) is 11.4. The summed E-state index contributed by atoms with van der Waals surface area (Å²) in [6.45, 7) is 1.74. The van der Waals surface area contributed by atoms with Crippen LogP contribution < -0.4 is 0 Å². The van der Waals surface area contributed by atoms with E-state index in [0.717, 1.165) is 15.6 Å². The number of pyridine rings is 2. The number of aliphatic hydroxyl groups excluding tert-OH is 1. The molecule has 0 radical (unpaired) electrons. The molecule has 2 rings (SSSR count). The molecule has 0 bridgehead atoms. The molecule has 1 atom stereocenters. The molecular formula is C12H12N2OS. The van der Waals surface area contributed by atoms with Crippen LogP contribution in [0.4, 0.5) is 0 Å². The number of nitrogens with zero attached hydrogens (tertiary/aromatic N) is 2. The zero-order valence-electron chi connectivity index (χ0n) is 8.87. The quantitative estimate of drug-likeness (QED) is 0.883. The van der Waals surface area contributed by atoms with Crippen molar-refractivity contribution in [2.24, 2.45) is 0 Å². The van der Waals surface area contributed by atoms with Gasteiger partial charge in [0.15, 0.2) is 0 Å². The Kier molecular flexibility index (Phi) is 3.54. The van der Waals surface area contributed by atoms with Gasteiger partial charge >= 0.3 is 0 Å². The molecule has 16 heavy (non-hydrogen) atoms. The van der Waals surface area contributed by atoms with Crippen molar-refractivity contribution in [3.8, 4) is 0 Å². The van der Waals surface area contributed by atoms with E-state index in [-0.39, 0.29) is 0 Å². The summed E-state index contributed by atoms with van der Waals surface area (Å²) in [5.74, 6) is 0. The van der Waals surface area contributed by atoms with Crippen molar-refractivity contribution in [3.05, 3.63) is 48.3 Å². The summed E-state index contributed by atoms with van der Waals surface area (Å²) in [6, 6.07) is 9.43. The monoisotopic (exact) mass is 232 g/mol. The van der Waals surface area contributed by atoms with Gasteiger partial charge in [-0.2, -0.15) is 0 Å². The number of aliphatic hydroxyl groups is 1. The molecule has 0 saturated carbocycles. The molecule has 3 nitrogen and oxygen atoms in total. The highest BCUT2D eigenvalue weighted by atomic mass is 32.2. The van der Waals surface area contributed by atoms with Gasteiger partial charge in [-0.05, 0) is 36.9 Å². The molecule has 0 fully saturated rings. The van der Waals surface area contributed by atoms with Gasteiger partial charge in [-0.1, -0.05) is 12.1 Å². The van der Waals surface area contributed by atoms with Gasteiger partial charge in [0.1, 0.15) is 10.1 Å². The topological polar surface area (TPSA) is 46.0 Å². The summed E-state index contributed by atoms with van der Waals surface area (Å²) in [6.07, 6.45) is 2.95. The van der Waals surface area contributed by atoms with E-state index in [1.54, 1.807) is 19.3 Å². The maximum atomic E-state index is 9.61. The van der Waals surface area contributed by atoms with Crippen LogP contribution in [0.5, 0.6) is 0 Å². The molecule has 2 aromatic heterocycles. The minimum Gasteiger partial charge on any atom is -0.389 e. The molecule has 0 aliphatic heterocycles. The molecule has 0 unspecified atom stereocenters. The molecule has 0 spiro atoms. The molecule has 0 saturated heterocycles. The van der Waals surface area contributed by atoms with E-state index in [1.165, 1.54) is 11.8 Å². The Morgan fingerprint density at radius 3 is 2.62 bits per heavy atom. The zero-order valence-corrected chi connectivity index (χ0v) is 9.69. The van der Waals surface area contributed by atoms with Crippen molar-refractivity contribution in [1.82, 2.24) is 9.97 Å². The summed E-state index contributed by atoms with van der Waals surface area (Å²) in [5, 5.41) is 11.3. The highest BCUT2D eigenvalue weighted by Gasteiger charge is 2.10. The lowest BCUT2D eigenvalue weighted by Gasteiger charge is -2.09. The van der Waals surface area contributed by atoms with Crippen LogP contribution in [0.3, 0.4) is 0 Å². The maximum Gasteiger partial charge on any atom is 0.108 e. The van der Waals surface area contributed by atoms with Gasteiger partial charge in [0.2, 0.25) is 0 Å². The van der Waals surface area contributed by atoms with Crippen molar-refractivity contribution < 1.29 is 5.11 Å².